The normalized spacial score (nSPS) is 15.5. The molecule has 0 radical (unpaired) electrons. The van der Waals surface area contributed by atoms with Gasteiger partial charge in [-0.15, -0.1) is 0 Å². The predicted molar refractivity (Wildman–Crippen MR) is 72.6 cm³/mol. The maximum absolute atomic E-state index is 13.0. The Balaban J connectivity index is 1.74. The molecule has 2 N–H and O–H groups in total. The molecule has 0 unspecified atom stereocenters. The third-order valence-corrected chi connectivity index (χ3v) is 4.49. The van der Waals surface area contributed by atoms with Crippen LogP contribution in [0.5, 0.6) is 0 Å². The van der Waals surface area contributed by atoms with Gasteiger partial charge in [0.2, 0.25) is 10.0 Å². The standard InChI is InChI=1S/C13H18F2N2O2S/c14-12-5-2-10(8-13(12)15)9-17-20(18,19)7-1-6-16-11-3-4-11/h2,5,8,11,16-17H,1,3-4,6-7,9H2. The van der Waals surface area contributed by atoms with Gasteiger partial charge >= 0.3 is 0 Å². The van der Waals surface area contributed by atoms with Crippen molar-refractivity contribution in [1.82, 2.24) is 10.0 Å². The van der Waals surface area contributed by atoms with Gasteiger partial charge in [0, 0.05) is 12.6 Å². The Labute approximate surface area is 117 Å². The smallest absolute Gasteiger partial charge is 0.211 e. The summed E-state index contributed by atoms with van der Waals surface area (Å²) in [7, 11) is -3.39. The molecule has 1 saturated carbocycles. The van der Waals surface area contributed by atoms with Gasteiger partial charge in [-0.3, -0.25) is 0 Å². The number of hydrogen-bond acceptors (Lipinski definition) is 3. The Morgan fingerprint density at radius 3 is 2.60 bits per heavy atom. The van der Waals surface area contributed by atoms with Crippen molar-refractivity contribution in [2.75, 3.05) is 12.3 Å². The summed E-state index contributed by atoms with van der Waals surface area (Å²) >= 11 is 0. The average molecular weight is 304 g/mol. The van der Waals surface area contributed by atoms with Crippen LogP contribution in [0.4, 0.5) is 8.78 Å². The molecular formula is C13H18F2N2O2S. The van der Waals surface area contributed by atoms with Gasteiger partial charge in [-0.05, 0) is 43.5 Å². The molecule has 0 heterocycles. The fraction of sp³-hybridized carbons (Fsp3) is 0.538. The van der Waals surface area contributed by atoms with Crippen LogP contribution in [-0.2, 0) is 16.6 Å². The minimum absolute atomic E-state index is 0.0242. The van der Waals surface area contributed by atoms with Gasteiger partial charge in [0.15, 0.2) is 11.6 Å². The van der Waals surface area contributed by atoms with E-state index in [0.717, 1.165) is 12.1 Å². The van der Waals surface area contributed by atoms with Crippen LogP contribution < -0.4 is 10.0 Å². The summed E-state index contributed by atoms with van der Waals surface area (Å²) in [5.74, 6) is -1.89. The van der Waals surface area contributed by atoms with E-state index < -0.39 is 21.7 Å². The maximum Gasteiger partial charge on any atom is 0.211 e. The van der Waals surface area contributed by atoms with Crippen molar-refractivity contribution in [1.29, 1.82) is 0 Å². The second-order valence-corrected chi connectivity index (χ2v) is 6.90. The van der Waals surface area contributed by atoms with Gasteiger partial charge in [0.25, 0.3) is 0 Å². The quantitative estimate of drug-likeness (QED) is 0.716. The molecular weight excluding hydrogens is 286 g/mol. The van der Waals surface area contributed by atoms with E-state index in [1.165, 1.54) is 18.9 Å². The van der Waals surface area contributed by atoms with Crippen molar-refractivity contribution >= 4 is 10.0 Å². The fourth-order valence-corrected chi connectivity index (χ4v) is 2.83. The molecule has 0 amide bonds. The number of hydrogen-bond donors (Lipinski definition) is 2. The first-order valence-electron chi connectivity index (χ1n) is 6.61. The van der Waals surface area contributed by atoms with Crippen LogP contribution in [0.15, 0.2) is 18.2 Å². The predicted octanol–water partition coefficient (Wildman–Crippen LogP) is 1.53. The summed E-state index contributed by atoms with van der Waals surface area (Å²) in [5.41, 5.74) is 0.392. The van der Waals surface area contributed by atoms with Crippen molar-refractivity contribution in [2.45, 2.75) is 31.8 Å². The molecule has 20 heavy (non-hydrogen) atoms. The van der Waals surface area contributed by atoms with Gasteiger partial charge in [0.05, 0.1) is 5.75 Å². The molecule has 0 bridgehead atoms. The average Bonchev–Trinajstić information content (AvgIpc) is 3.20. The first kappa shape index (κ1) is 15.3. The summed E-state index contributed by atoms with van der Waals surface area (Å²) in [6.45, 7) is 0.645. The Bertz CT molecular complexity index is 559. The van der Waals surface area contributed by atoms with Crippen LogP contribution in [-0.4, -0.2) is 26.8 Å². The summed E-state index contributed by atoms with van der Waals surface area (Å²) < 4.78 is 51.5. The monoisotopic (exact) mass is 304 g/mol. The molecule has 1 fully saturated rings. The Hall–Kier alpha value is -1.05. The highest BCUT2D eigenvalue weighted by molar-refractivity contribution is 7.89. The van der Waals surface area contributed by atoms with Crippen LogP contribution in [0.1, 0.15) is 24.8 Å². The van der Waals surface area contributed by atoms with Crippen molar-refractivity contribution in [3.05, 3.63) is 35.4 Å². The van der Waals surface area contributed by atoms with Crippen molar-refractivity contribution < 1.29 is 17.2 Å². The van der Waals surface area contributed by atoms with Crippen LogP contribution in [0, 0.1) is 11.6 Å². The number of benzene rings is 1. The molecule has 1 aliphatic rings. The number of rotatable bonds is 8. The minimum Gasteiger partial charge on any atom is -0.314 e. The molecule has 112 valence electrons. The van der Waals surface area contributed by atoms with Crippen molar-refractivity contribution in [3.63, 3.8) is 0 Å². The third-order valence-electron chi connectivity index (χ3n) is 3.08. The van der Waals surface area contributed by atoms with E-state index in [1.54, 1.807) is 0 Å². The van der Waals surface area contributed by atoms with E-state index in [2.05, 4.69) is 10.0 Å². The Morgan fingerprint density at radius 1 is 1.20 bits per heavy atom. The molecule has 7 heteroatoms. The summed E-state index contributed by atoms with van der Waals surface area (Å²) in [5, 5.41) is 3.23. The van der Waals surface area contributed by atoms with E-state index in [-0.39, 0.29) is 12.3 Å². The molecule has 0 saturated heterocycles. The topological polar surface area (TPSA) is 58.2 Å². The number of sulfonamides is 1. The van der Waals surface area contributed by atoms with Crippen LogP contribution in [0.3, 0.4) is 0 Å². The highest BCUT2D eigenvalue weighted by Gasteiger charge is 2.20. The first-order valence-corrected chi connectivity index (χ1v) is 8.26. The highest BCUT2D eigenvalue weighted by atomic mass is 32.2. The first-order chi connectivity index (χ1) is 9.46. The van der Waals surface area contributed by atoms with Crippen LogP contribution in [0.2, 0.25) is 0 Å². The van der Waals surface area contributed by atoms with Gasteiger partial charge in [-0.1, -0.05) is 6.07 Å². The third kappa shape index (κ3) is 5.15. The lowest BCUT2D eigenvalue weighted by molar-refractivity contribution is 0.506. The molecule has 1 aromatic carbocycles. The number of halogens is 2. The fourth-order valence-electron chi connectivity index (χ4n) is 1.77. The lowest BCUT2D eigenvalue weighted by Gasteiger charge is -2.07. The zero-order chi connectivity index (χ0) is 14.6. The molecule has 4 nitrogen and oxygen atoms in total. The van der Waals surface area contributed by atoms with E-state index in [1.807, 2.05) is 0 Å². The Morgan fingerprint density at radius 2 is 1.95 bits per heavy atom. The molecule has 1 aliphatic carbocycles. The molecule has 2 rings (SSSR count). The summed E-state index contributed by atoms with van der Waals surface area (Å²) in [6, 6.07) is 3.90. The van der Waals surface area contributed by atoms with Gasteiger partial charge in [-0.2, -0.15) is 0 Å². The lowest BCUT2D eigenvalue weighted by atomic mass is 10.2. The van der Waals surface area contributed by atoms with Gasteiger partial charge in [0.1, 0.15) is 0 Å². The van der Waals surface area contributed by atoms with Crippen molar-refractivity contribution in [3.8, 4) is 0 Å². The van der Waals surface area contributed by atoms with E-state index >= 15 is 0 Å². The highest BCUT2D eigenvalue weighted by Crippen LogP contribution is 2.18. The van der Waals surface area contributed by atoms with Crippen LogP contribution in [0.25, 0.3) is 0 Å². The van der Waals surface area contributed by atoms with Gasteiger partial charge < -0.3 is 5.32 Å². The van der Waals surface area contributed by atoms with E-state index in [9.17, 15) is 17.2 Å². The zero-order valence-corrected chi connectivity index (χ0v) is 11.8. The molecule has 1 aromatic rings. The maximum atomic E-state index is 13.0. The van der Waals surface area contributed by atoms with E-state index in [4.69, 9.17) is 0 Å². The zero-order valence-electron chi connectivity index (χ0n) is 11.0. The Kier molecular flexibility index (Phi) is 5.06. The molecule has 0 atom stereocenters. The van der Waals surface area contributed by atoms with Crippen LogP contribution >= 0.6 is 0 Å². The largest absolute Gasteiger partial charge is 0.314 e. The SMILES string of the molecule is O=S(=O)(CCCNC1CC1)NCc1ccc(F)c(F)c1. The van der Waals surface area contributed by atoms with Gasteiger partial charge in [-0.25, -0.2) is 21.9 Å². The number of nitrogens with one attached hydrogen (secondary N) is 2. The second-order valence-electron chi connectivity index (χ2n) is 4.97. The second kappa shape index (κ2) is 6.60. The lowest BCUT2D eigenvalue weighted by Crippen LogP contribution is -2.28. The summed E-state index contributed by atoms with van der Waals surface area (Å²) in [6.07, 6.45) is 2.87. The summed E-state index contributed by atoms with van der Waals surface area (Å²) in [4.78, 5) is 0. The molecule has 0 aromatic heterocycles. The minimum atomic E-state index is -3.39. The molecule has 0 spiro atoms. The molecule has 0 aliphatic heterocycles. The van der Waals surface area contributed by atoms with Crippen molar-refractivity contribution in [2.24, 2.45) is 0 Å². The van der Waals surface area contributed by atoms with E-state index in [0.29, 0.717) is 24.6 Å².